The highest BCUT2D eigenvalue weighted by molar-refractivity contribution is 5.90. The largest absolute Gasteiger partial charge is 0.328 e. The average molecular weight is 151 g/mol. The lowest BCUT2D eigenvalue weighted by molar-refractivity contribution is 0.0999. The minimum absolute atomic E-state index is 0.000278. The van der Waals surface area contributed by atoms with Crippen LogP contribution in [-0.2, 0) is 6.54 Å². The number of Topliss-reactive ketones (excluding diaryl/α,β-unsaturated/α-hetero) is 1. The van der Waals surface area contributed by atoms with E-state index < -0.39 is 0 Å². The maximum Gasteiger partial charge on any atom is 0.195 e. The molecule has 1 aromatic rings. The summed E-state index contributed by atoms with van der Waals surface area (Å²) in [4.78, 5) is 14.7. The van der Waals surface area contributed by atoms with Crippen molar-refractivity contribution in [1.29, 1.82) is 0 Å². The number of nitrogens with zero attached hydrogens (tertiary/aromatic N) is 2. The van der Waals surface area contributed by atoms with Crippen LogP contribution in [0, 0.1) is 6.20 Å². The first-order valence-electron chi connectivity index (χ1n) is 3.70. The lowest BCUT2D eigenvalue weighted by atomic mass is 10.4. The van der Waals surface area contributed by atoms with Gasteiger partial charge in [-0.25, -0.2) is 4.98 Å². The molecule has 3 nitrogen and oxygen atoms in total. The van der Waals surface area contributed by atoms with Gasteiger partial charge in [-0.05, 0) is 6.42 Å². The third kappa shape index (κ3) is 1.67. The van der Waals surface area contributed by atoms with Crippen molar-refractivity contribution in [3.63, 3.8) is 0 Å². The van der Waals surface area contributed by atoms with E-state index in [1.807, 2.05) is 4.57 Å². The molecule has 0 fully saturated rings. The Balaban J connectivity index is 2.87. The molecule has 0 amide bonds. The van der Waals surface area contributed by atoms with Crippen molar-refractivity contribution in [2.45, 2.75) is 26.8 Å². The minimum atomic E-state index is -0.000278. The summed E-state index contributed by atoms with van der Waals surface area (Å²) in [5.74, 6) is 0.506. The van der Waals surface area contributed by atoms with Crippen molar-refractivity contribution < 1.29 is 4.79 Å². The van der Waals surface area contributed by atoms with E-state index in [-0.39, 0.29) is 5.78 Å². The molecule has 1 rings (SSSR count). The molecule has 0 atom stereocenters. The molecule has 0 unspecified atom stereocenters. The quantitative estimate of drug-likeness (QED) is 0.610. The Morgan fingerprint density at radius 2 is 2.55 bits per heavy atom. The van der Waals surface area contributed by atoms with E-state index in [1.54, 1.807) is 6.20 Å². The smallest absolute Gasteiger partial charge is 0.195 e. The fourth-order valence-corrected chi connectivity index (χ4v) is 0.977. The van der Waals surface area contributed by atoms with Gasteiger partial charge in [-0.15, -0.1) is 0 Å². The minimum Gasteiger partial charge on any atom is -0.328 e. The Morgan fingerprint density at radius 1 is 1.82 bits per heavy atom. The summed E-state index contributed by atoms with van der Waals surface area (Å²) < 4.78 is 1.82. The second kappa shape index (κ2) is 3.32. The molecule has 0 N–H and O–H groups in total. The number of aryl methyl sites for hydroxylation is 1. The molecule has 11 heavy (non-hydrogen) atoms. The third-order valence-electron chi connectivity index (χ3n) is 1.44. The number of hydrogen-bond acceptors (Lipinski definition) is 2. The summed E-state index contributed by atoms with van der Waals surface area (Å²) in [6, 6.07) is 0. The van der Waals surface area contributed by atoms with Gasteiger partial charge in [-0.1, -0.05) is 6.92 Å². The van der Waals surface area contributed by atoms with Crippen LogP contribution < -0.4 is 0 Å². The van der Waals surface area contributed by atoms with Crippen molar-refractivity contribution in [3.05, 3.63) is 18.2 Å². The van der Waals surface area contributed by atoms with E-state index in [1.165, 1.54) is 6.92 Å². The Bertz CT molecular complexity index is 252. The van der Waals surface area contributed by atoms with E-state index in [2.05, 4.69) is 18.1 Å². The molecular formula is C8H11N2O. The lowest BCUT2D eigenvalue weighted by Crippen LogP contribution is -2.06. The number of rotatable bonds is 3. The first-order chi connectivity index (χ1) is 5.25. The maximum absolute atomic E-state index is 10.9. The molecule has 3 heteroatoms. The zero-order chi connectivity index (χ0) is 8.27. The second-order valence-electron chi connectivity index (χ2n) is 2.44. The molecule has 0 bridgehead atoms. The van der Waals surface area contributed by atoms with Crippen LogP contribution in [0.1, 0.15) is 30.9 Å². The van der Waals surface area contributed by atoms with Gasteiger partial charge in [-0.2, -0.15) is 0 Å². The van der Waals surface area contributed by atoms with Crippen molar-refractivity contribution in [1.82, 2.24) is 9.55 Å². The van der Waals surface area contributed by atoms with Gasteiger partial charge >= 0.3 is 0 Å². The standard InChI is InChI=1S/C8H11N2O/c1-3-5-10-6-4-9-8(10)7(2)11/h6H,3,5H2,1-2H3. The van der Waals surface area contributed by atoms with Crippen LogP contribution in [-0.4, -0.2) is 15.3 Å². The normalized spacial score (nSPS) is 10.0. The molecule has 1 heterocycles. The predicted molar refractivity (Wildman–Crippen MR) is 41.4 cm³/mol. The van der Waals surface area contributed by atoms with Crippen molar-refractivity contribution in [2.24, 2.45) is 0 Å². The first kappa shape index (κ1) is 7.98. The number of carbonyl (C=O) groups is 1. The van der Waals surface area contributed by atoms with Crippen LogP contribution in [0.15, 0.2) is 6.20 Å². The van der Waals surface area contributed by atoms with Crippen LogP contribution in [0.5, 0.6) is 0 Å². The summed E-state index contributed by atoms with van der Waals surface area (Å²) in [5, 5.41) is 0. The summed E-state index contributed by atoms with van der Waals surface area (Å²) in [6.07, 6.45) is 5.37. The van der Waals surface area contributed by atoms with Gasteiger partial charge in [0.2, 0.25) is 0 Å². The number of ketones is 1. The van der Waals surface area contributed by atoms with Crippen molar-refractivity contribution in [3.8, 4) is 0 Å². The summed E-state index contributed by atoms with van der Waals surface area (Å²) in [7, 11) is 0. The van der Waals surface area contributed by atoms with Crippen LogP contribution in [0.25, 0.3) is 0 Å². The number of imidazole rings is 1. The van der Waals surface area contributed by atoms with Crippen LogP contribution in [0.2, 0.25) is 0 Å². The van der Waals surface area contributed by atoms with E-state index >= 15 is 0 Å². The zero-order valence-electron chi connectivity index (χ0n) is 6.79. The van der Waals surface area contributed by atoms with Crippen LogP contribution in [0.4, 0.5) is 0 Å². The Kier molecular flexibility index (Phi) is 2.41. The van der Waals surface area contributed by atoms with E-state index in [4.69, 9.17) is 0 Å². The van der Waals surface area contributed by atoms with Gasteiger partial charge in [0.15, 0.2) is 11.6 Å². The van der Waals surface area contributed by atoms with E-state index in [9.17, 15) is 4.79 Å². The highest BCUT2D eigenvalue weighted by Crippen LogP contribution is 1.98. The molecular weight excluding hydrogens is 140 g/mol. The summed E-state index contributed by atoms with van der Waals surface area (Å²) in [5.41, 5.74) is 0. The van der Waals surface area contributed by atoms with Gasteiger partial charge < -0.3 is 4.57 Å². The van der Waals surface area contributed by atoms with Crippen LogP contribution in [0.3, 0.4) is 0 Å². The van der Waals surface area contributed by atoms with Crippen molar-refractivity contribution >= 4 is 5.78 Å². The van der Waals surface area contributed by atoms with E-state index in [0.717, 1.165) is 13.0 Å². The van der Waals surface area contributed by atoms with Gasteiger partial charge in [0.05, 0.1) is 0 Å². The Labute approximate surface area is 66.1 Å². The zero-order valence-corrected chi connectivity index (χ0v) is 6.79. The molecule has 0 aromatic carbocycles. The highest BCUT2D eigenvalue weighted by atomic mass is 16.1. The first-order valence-corrected chi connectivity index (χ1v) is 3.70. The van der Waals surface area contributed by atoms with Crippen molar-refractivity contribution in [2.75, 3.05) is 0 Å². The molecule has 0 saturated carbocycles. The monoisotopic (exact) mass is 151 g/mol. The number of aromatic nitrogens is 2. The maximum atomic E-state index is 10.9. The topological polar surface area (TPSA) is 34.9 Å². The lowest BCUT2D eigenvalue weighted by Gasteiger charge is -2.01. The van der Waals surface area contributed by atoms with Gasteiger partial charge in [0, 0.05) is 19.7 Å². The molecule has 1 radical (unpaired) electrons. The SMILES string of the molecule is CCCn1c[c]nc1C(C)=O. The molecule has 0 saturated heterocycles. The molecule has 59 valence electrons. The molecule has 0 spiro atoms. The molecule has 0 aliphatic carbocycles. The third-order valence-corrected chi connectivity index (χ3v) is 1.44. The second-order valence-corrected chi connectivity index (χ2v) is 2.44. The van der Waals surface area contributed by atoms with Gasteiger partial charge in [-0.3, -0.25) is 4.79 Å². The van der Waals surface area contributed by atoms with Gasteiger partial charge in [0.1, 0.15) is 6.20 Å². The number of carbonyl (C=O) groups excluding carboxylic acids is 1. The molecule has 0 aliphatic heterocycles. The fraction of sp³-hybridized carbons (Fsp3) is 0.500. The van der Waals surface area contributed by atoms with E-state index in [0.29, 0.717) is 5.82 Å². The Morgan fingerprint density at radius 3 is 3.09 bits per heavy atom. The predicted octanol–water partition coefficient (Wildman–Crippen LogP) is 1.30. The highest BCUT2D eigenvalue weighted by Gasteiger charge is 2.05. The molecule has 0 aliphatic rings. The average Bonchev–Trinajstić information content (AvgIpc) is 2.36. The van der Waals surface area contributed by atoms with Crippen LogP contribution >= 0.6 is 0 Å². The Hall–Kier alpha value is -1.12. The van der Waals surface area contributed by atoms with Gasteiger partial charge in [0.25, 0.3) is 0 Å². The summed E-state index contributed by atoms with van der Waals surface area (Å²) >= 11 is 0. The fourth-order valence-electron chi connectivity index (χ4n) is 0.977. The molecule has 1 aromatic heterocycles. The summed E-state index contributed by atoms with van der Waals surface area (Å²) in [6.45, 7) is 4.41. The number of hydrogen-bond donors (Lipinski definition) is 0.